The number of hydrogen-bond acceptors (Lipinski definition) is 5. The van der Waals surface area contributed by atoms with Gasteiger partial charge in [0.05, 0.1) is 10.8 Å². The summed E-state index contributed by atoms with van der Waals surface area (Å²) in [5.74, 6) is 0. The molecule has 0 spiro atoms. The third kappa shape index (κ3) is 1.45. The molecule has 2 aromatic rings. The van der Waals surface area contributed by atoms with Crippen LogP contribution >= 0.6 is 11.3 Å². The van der Waals surface area contributed by atoms with Crippen LogP contribution in [0.5, 0.6) is 0 Å². The molecule has 0 saturated carbocycles. The summed E-state index contributed by atoms with van der Waals surface area (Å²) in [6, 6.07) is 5.16. The number of nitrogens with two attached hydrogens (primary N) is 1. The zero-order chi connectivity index (χ0) is 10.1. The van der Waals surface area contributed by atoms with Crippen molar-refractivity contribution in [3.8, 4) is 0 Å². The quantitative estimate of drug-likeness (QED) is 0.772. The third-order valence-electron chi connectivity index (χ3n) is 1.97. The Labute approximate surface area is 83.6 Å². The van der Waals surface area contributed by atoms with E-state index in [-0.39, 0.29) is 11.5 Å². The topological polar surface area (TPSA) is 76.5 Å². The number of hydrogen-bond donors (Lipinski definition) is 2. The average Bonchev–Trinajstić information content (AvgIpc) is 2.56. The van der Waals surface area contributed by atoms with Crippen LogP contribution in [-0.4, -0.2) is 11.7 Å². The highest BCUT2D eigenvalue weighted by molar-refractivity contribution is 7.16. The second-order valence-corrected chi connectivity index (χ2v) is 3.83. The fourth-order valence-corrected chi connectivity index (χ4v) is 2.14. The van der Waals surface area contributed by atoms with Crippen molar-refractivity contribution in [2.45, 2.75) is 6.10 Å². The van der Waals surface area contributed by atoms with Gasteiger partial charge in [0, 0.05) is 12.1 Å². The van der Waals surface area contributed by atoms with E-state index in [1.54, 1.807) is 18.2 Å². The summed E-state index contributed by atoms with van der Waals surface area (Å²) in [6.07, 6.45) is -0.744. The first-order chi connectivity index (χ1) is 6.72. The van der Waals surface area contributed by atoms with Crippen molar-refractivity contribution in [2.24, 2.45) is 5.73 Å². The lowest BCUT2D eigenvalue weighted by Gasteiger charge is -2.07. The predicted molar refractivity (Wildman–Crippen MR) is 54.4 cm³/mol. The summed E-state index contributed by atoms with van der Waals surface area (Å²) >= 11 is 0.985. The van der Waals surface area contributed by atoms with Crippen LogP contribution in [0.1, 0.15) is 11.7 Å². The summed E-state index contributed by atoms with van der Waals surface area (Å²) in [5.41, 5.74) is 6.51. The van der Waals surface area contributed by atoms with Gasteiger partial charge in [0.15, 0.2) is 0 Å². The first-order valence-electron chi connectivity index (χ1n) is 4.13. The molecule has 0 aliphatic rings. The largest absolute Gasteiger partial charge is 0.414 e. The smallest absolute Gasteiger partial charge is 0.396 e. The summed E-state index contributed by atoms with van der Waals surface area (Å²) in [5, 5.41) is 9.57. The Balaban J connectivity index is 2.70. The van der Waals surface area contributed by atoms with Crippen LogP contribution in [0.25, 0.3) is 10.3 Å². The molecule has 0 saturated heterocycles. The lowest BCUT2D eigenvalue weighted by Crippen LogP contribution is -2.11. The van der Waals surface area contributed by atoms with Gasteiger partial charge in [-0.3, -0.25) is 0 Å². The maximum Gasteiger partial charge on any atom is 0.396 e. The van der Waals surface area contributed by atoms with E-state index in [2.05, 4.69) is 0 Å². The highest BCUT2D eigenvalue weighted by atomic mass is 32.1. The third-order valence-corrected chi connectivity index (χ3v) is 2.86. The van der Waals surface area contributed by atoms with E-state index in [1.165, 1.54) is 0 Å². The van der Waals surface area contributed by atoms with Gasteiger partial charge < -0.3 is 15.3 Å². The molecule has 0 amide bonds. The monoisotopic (exact) mass is 211 g/mol. The fourth-order valence-electron chi connectivity index (χ4n) is 1.31. The van der Waals surface area contributed by atoms with Gasteiger partial charge in [0.1, 0.15) is 5.58 Å². The van der Waals surface area contributed by atoms with Crippen molar-refractivity contribution in [3.63, 3.8) is 0 Å². The highest BCUT2D eigenvalue weighted by Crippen LogP contribution is 2.25. The fraction of sp³-hybridized carbons (Fsp3) is 0.222. The molecule has 0 bridgehead atoms. The van der Waals surface area contributed by atoms with Gasteiger partial charge >= 0.3 is 4.94 Å². The maximum atomic E-state index is 11.0. The Morgan fingerprint density at radius 3 is 3.07 bits per heavy atom. The van der Waals surface area contributed by atoms with E-state index >= 15 is 0 Å². The SMILES string of the molecule is NCC(O)c1cccc2oc(=O)sc12. The van der Waals surface area contributed by atoms with E-state index in [9.17, 15) is 9.90 Å². The van der Waals surface area contributed by atoms with Crippen LogP contribution in [0.15, 0.2) is 27.4 Å². The zero-order valence-corrected chi connectivity index (χ0v) is 8.08. The van der Waals surface area contributed by atoms with Crippen molar-refractivity contribution < 1.29 is 9.52 Å². The van der Waals surface area contributed by atoms with Gasteiger partial charge in [-0.25, -0.2) is 4.79 Å². The maximum absolute atomic E-state index is 11.0. The van der Waals surface area contributed by atoms with Gasteiger partial charge in [0.25, 0.3) is 0 Å². The standard InChI is InChI=1S/C9H9NO3S/c10-4-6(11)5-2-1-3-7-8(5)14-9(12)13-7/h1-3,6,11H,4,10H2. The minimum absolute atomic E-state index is 0.130. The number of fused-ring (bicyclic) bond motifs is 1. The Bertz CT molecular complexity index is 502. The lowest BCUT2D eigenvalue weighted by molar-refractivity contribution is 0.188. The molecule has 3 N–H and O–H groups in total. The van der Waals surface area contributed by atoms with Gasteiger partial charge in [-0.15, -0.1) is 0 Å². The van der Waals surface area contributed by atoms with Crippen LogP contribution < -0.4 is 10.7 Å². The molecule has 5 heteroatoms. The molecule has 1 aromatic carbocycles. The molecule has 2 rings (SSSR count). The Morgan fingerprint density at radius 2 is 2.36 bits per heavy atom. The zero-order valence-electron chi connectivity index (χ0n) is 7.27. The minimum atomic E-state index is -0.744. The molecule has 0 radical (unpaired) electrons. The second-order valence-electron chi connectivity index (χ2n) is 2.88. The van der Waals surface area contributed by atoms with E-state index in [1.807, 2.05) is 0 Å². The summed E-state index contributed by atoms with van der Waals surface area (Å²) < 4.78 is 5.59. The molecular weight excluding hydrogens is 202 g/mol. The van der Waals surface area contributed by atoms with Crippen LogP contribution in [0, 0.1) is 0 Å². The van der Waals surface area contributed by atoms with Crippen molar-refractivity contribution in [1.82, 2.24) is 0 Å². The highest BCUT2D eigenvalue weighted by Gasteiger charge is 2.12. The van der Waals surface area contributed by atoms with E-state index in [4.69, 9.17) is 10.2 Å². The van der Waals surface area contributed by atoms with Crippen LogP contribution in [0.4, 0.5) is 0 Å². The van der Waals surface area contributed by atoms with Crippen LogP contribution in [-0.2, 0) is 0 Å². The van der Waals surface area contributed by atoms with E-state index in [0.29, 0.717) is 15.8 Å². The lowest BCUT2D eigenvalue weighted by atomic mass is 10.1. The molecule has 1 aromatic heterocycles. The van der Waals surface area contributed by atoms with Crippen molar-refractivity contribution in [2.75, 3.05) is 6.54 Å². The van der Waals surface area contributed by atoms with Gasteiger partial charge in [0.2, 0.25) is 0 Å². The predicted octanol–water partition coefficient (Wildman–Crippen LogP) is 0.847. The van der Waals surface area contributed by atoms with Crippen molar-refractivity contribution in [1.29, 1.82) is 0 Å². The molecule has 0 fully saturated rings. The molecular formula is C9H9NO3S. The summed E-state index contributed by atoms with van der Waals surface area (Å²) in [4.78, 5) is 10.6. The Kier molecular flexibility index (Phi) is 2.37. The van der Waals surface area contributed by atoms with Crippen molar-refractivity contribution >= 4 is 21.6 Å². The first-order valence-corrected chi connectivity index (χ1v) is 4.94. The first kappa shape index (κ1) is 9.39. The summed E-state index contributed by atoms with van der Waals surface area (Å²) in [7, 11) is 0. The number of aliphatic hydroxyl groups is 1. The summed E-state index contributed by atoms with van der Waals surface area (Å²) in [6.45, 7) is 0.130. The Morgan fingerprint density at radius 1 is 1.57 bits per heavy atom. The van der Waals surface area contributed by atoms with Crippen LogP contribution in [0.2, 0.25) is 0 Å². The molecule has 1 atom stereocenters. The Hall–Kier alpha value is -1.17. The molecule has 0 aliphatic carbocycles. The number of benzene rings is 1. The average molecular weight is 211 g/mol. The molecule has 4 nitrogen and oxygen atoms in total. The molecule has 1 heterocycles. The molecule has 1 unspecified atom stereocenters. The van der Waals surface area contributed by atoms with Gasteiger partial charge in [-0.1, -0.05) is 23.5 Å². The minimum Gasteiger partial charge on any atom is -0.414 e. The normalized spacial score (nSPS) is 13.3. The van der Waals surface area contributed by atoms with Crippen LogP contribution in [0.3, 0.4) is 0 Å². The molecule has 14 heavy (non-hydrogen) atoms. The van der Waals surface area contributed by atoms with E-state index in [0.717, 1.165) is 11.3 Å². The second kappa shape index (κ2) is 3.53. The number of aliphatic hydroxyl groups excluding tert-OH is 1. The number of rotatable bonds is 2. The van der Waals surface area contributed by atoms with Gasteiger partial charge in [-0.05, 0) is 6.07 Å². The van der Waals surface area contributed by atoms with E-state index < -0.39 is 6.10 Å². The van der Waals surface area contributed by atoms with Crippen molar-refractivity contribution in [3.05, 3.63) is 33.5 Å². The molecule has 74 valence electrons. The van der Waals surface area contributed by atoms with Gasteiger partial charge in [-0.2, -0.15) is 0 Å². The molecule has 0 aliphatic heterocycles.